The molecule has 3 nitrogen and oxygen atoms in total. The number of rotatable bonds is 3. The second-order valence-electron chi connectivity index (χ2n) is 5.60. The summed E-state index contributed by atoms with van der Waals surface area (Å²) in [6.07, 6.45) is 0.794. The van der Waals surface area contributed by atoms with Crippen LogP contribution in [-0.2, 0) is 6.42 Å². The number of ether oxygens (including phenoxy) is 2. The van der Waals surface area contributed by atoms with Crippen molar-refractivity contribution in [1.29, 1.82) is 0 Å². The van der Waals surface area contributed by atoms with Crippen LogP contribution >= 0.6 is 58.6 Å². The Hall–Kier alpha value is -0.130. The summed E-state index contributed by atoms with van der Waals surface area (Å²) in [6.45, 7) is 4.02. The van der Waals surface area contributed by atoms with Gasteiger partial charge in [-0.1, -0.05) is 58.5 Å². The van der Waals surface area contributed by atoms with E-state index >= 15 is 0 Å². The van der Waals surface area contributed by atoms with Gasteiger partial charge in [0.2, 0.25) is 4.46 Å². The normalized spacial score (nSPS) is 16.2. The average Bonchev–Trinajstić information content (AvgIpc) is 2.72. The van der Waals surface area contributed by atoms with Gasteiger partial charge in [-0.15, -0.1) is 0 Å². The molecular weight excluding hydrogens is 388 g/mol. The standard InChI is InChI=1S/C14H15Cl4NO2S/c1-13(2)7-8-5-4-6-9(10(8)21-13)20-12(22)19(3)14(17,18)11(15)16/h4-6,11H,7H2,1-3H3. The van der Waals surface area contributed by atoms with Crippen molar-refractivity contribution in [2.45, 2.75) is 35.2 Å². The Morgan fingerprint density at radius 2 is 2.05 bits per heavy atom. The second-order valence-corrected chi connectivity index (χ2v) is 8.39. The molecule has 0 aromatic heterocycles. The van der Waals surface area contributed by atoms with E-state index in [9.17, 15) is 0 Å². The number of hydrogen-bond acceptors (Lipinski definition) is 3. The highest BCUT2D eigenvalue weighted by Gasteiger charge is 2.40. The van der Waals surface area contributed by atoms with E-state index in [1.54, 1.807) is 13.1 Å². The van der Waals surface area contributed by atoms with Crippen LogP contribution in [0.15, 0.2) is 18.2 Å². The fourth-order valence-corrected chi connectivity index (χ4v) is 2.88. The fraction of sp³-hybridized carbons (Fsp3) is 0.500. The zero-order valence-electron chi connectivity index (χ0n) is 12.2. The maximum Gasteiger partial charge on any atom is 0.267 e. The molecule has 2 rings (SSSR count). The molecule has 0 fully saturated rings. The molecule has 1 aliphatic rings. The summed E-state index contributed by atoms with van der Waals surface area (Å²) in [5, 5.41) is 0.0398. The molecule has 0 saturated carbocycles. The zero-order chi connectivity index (χ0) is 16.7. The Kier molecular flexibility index (Phi) is 5.30. The van der Waals surface area contributed by atoms with Crippen LogP contribution in [0.2, 0.25) is 0 Å². The smallest absolute Gasteiger partial charge is 0.267 e. The first-order valence-corrected chi connectivity index (χ1v) is 8.51. The van der Waals surface area contributed by atoms with Crippen LogP contribution in [0.3, 0.4) is 0 Å². The highest BCUT2D eigenvalue weighted by molar-refractivity contribution is 7.80. The molecule has 1 aromatic rings. The molecule has 8 heteroatoms. The lowest BCUT2D eigenvalue weighted by molar-refractivity contribution is 0.135. The van der Waals surface area contributed by atoms with Gasteiger partial charge in [0.05, 0.1) is 0 Å². The Balaban J connectivity index is 2.20. The molecule has 0 spiro atoms. The lowest BCUT2D eigenvalue weighted by Crippen LogP contribution is -2.46. The summed E-state index contributed by atoms with van der Waals surface area (Å²) < 4.78 is 10.0. The van der Waals surface area contributed by atoms with E-state index in [4.69, 9.17) is 68.1 Å². The van der Waals surface area contributed by atoms with Gasteiger partial charge in [-0.2, -0.15) is 0 Å². The summed E-state index contributed by atoms with van der Waals surface area (Å²) in [7, 11) is 1.55. The van der Waals surface area contributed by atoms with Crippen LogP contribution in [0.4, 0.5) is 0 Å². The van der Waals surface area contributed by atoms with Gasteiger partial charge >= 0.3 is 0 Å². The van der Waals surface area contributed by atoms with E-state index < -0.39 is 9.29 Å². The molecule has 0 unspecified atom stereocenters. The number of alkyl halides is 4. The summed E-state index contributed by atoms with van der Waals surface area (Å²) in [6, 6.07) is 5.64. The van der Waals surface area contributed by atoms with E-state index in [0.717, 1.165) is 12.0 Å². The highest BCUT2D eigenvalue weighted by Crippen LogP contribution is 2.42. The van der Waals surface area contributed by atoms with Crippen molar-refractivity contribution >= 4 is 63.8 Å². The largest absolute Gasteiger partial charge is 0.483 e. The van der Waals surface area contributed by atoms with Crippen molar-refractivity contribution < 1.29 is 9.47 Å². The number of thiocarbonyl (C=S) groups is 1. The summed E-state index contributed by atoms with van der Waals surface area (Å²) in [5.41, 5.74) is 0.776. The number of para-hydroxylation sites is 1. The Bertz CT molecular complexity index is 592. The van der Waals surface area contributed by atoms with Crippen molar-refractivity contribution in [3.8, 4) is 11.5 Å². The summed E-state index contributed by atoms with van der Waals surface area (Å²) in [5.74, 6) is 1.18. The van der Waals surface area contributed by atoms with Gasteiger partial charge in [-0.25, -0.2) is 0 Å². The third-order valence-electron chi connectivity index (χ3n) is 3.24. The zero-order valence-corrected chi connectivity index (χ0v) is 16.0. The van der Waals surface area contributed by atoms with Crippen LogP contribution in [-0.4, -0.2) is 32.0 Å². The van der Waals surface area contributed by atoms with Gasteiger partial charge in [-0.05, 0) is 32.1 Å². The van der Waals surface area contributed by atoms with E-state index in [-0.39, 0.29) is 10.8 Å². The lowest BCUT2D eigenvalue weighted by Gasteiger charge is -2.32. The average molecular weight is 403 g/mol. The van der Waals surface area contributed by atoms with Crippen LogP contribution < -0.4 is 9.47 Å². The number of halogens is 4. The number of benzene rings is 1. The van der Waals surface area contributed by atoms with Crippen molar-refractivity contribution in [3.63, 3.8) is 0 Å². The van der Waals surface area contributed by atoms with E-state index in [1.807, 2.05) is 26.0 Å². The first kappa shape index (κ1) is 18.2. The van der Waals surface area contributed by atoms with Crippen molar-refractivity contribution in [3.05, 3.63) is 23.8 Å². The van der Waals surface area contributed by atoms with Gasteiger partial charge in [-0.3, -0.25) is 0 Å². The highest BCUT2D eigenvalue weighted by atomic mass is 35.5. The van der Waals surface area contributed by atoms with Crippen LogP contribution in [0.5, 0.6) is 11.5 Å². The summed E-state index contributed by atoms with van der Waals surface area (Å²) >= 11 is 28.9. The maximum absolute atomic E-state index is 6.07. The summed E-state index contributed by atoms with van der Waals surface area (Å²) in [4.78, 5) is 0.217. The Morgan fingerprint density at radius 1 is 1.41 bits per heavy atom. The van der Waals surface area contributed by atoms with Gasteiger partial charge in [0, 0.05) is 19.0 Å². The van der Waals surface area contributed by atoms with E-state index in [2.05, 4.69) is 0 Å². The SMILES string of the molecule is CN(C(=S)Oc1cccc2c1OC(C)(C)C2)C(Cl)(Cl)C(Cl)Cl. The third-order valence-corrected chi connectivity index (χ3v) is 5.61. The lowest BCUT2D eigenvalue weighted by atomic mass is 10.0. The molecule has 0 amide bonds. The van der Waals surface area contributed by atoms with Gasteiger partial charge in [0.15, 0.2) is 16.3 Å². The van der Waals surface area contributed by atoms with E-state index in [0.29, 0.717) is 11.5 Å². The number of hydrogen-bond donors (Lipinski definition) is 0. The van der Waals surface area contributed by atoms with Crippen molar-refractivity contribution in [2.24, 2.45) is 0 Å². The molecule has 1 aromatic carbocycles. The molecule has 0 bridgehead atoms. The van der Waals surface area contributed by atoms with Gasteiger partial charge in [0.1, 0.15) is 5.60 Å². The predicted octanol–water partition coefficient (Wildman–Crippen LogP) is 4.93. The molecule has 0 N–H and O–H groups in total. The van der Waals surface area contributed by atoms with Crippen molar-refractivity contribution in [1.82, 2.24) is 4.90 Å². The monoisotopic (exact) mass is 401 g/mol. The molecule has 22 heavy (non-hydrogen) atoms. The minimum absolute atomic E-state index is 0.0398. The van der Waals surface area contributed by atoms with Gasteiger partial charge < -0.3 is 14.4 Å². The molecule has 0 aliphatic carbocycles. The topological polar surface area (TPSA) is 21.7 Å². The molecular formula is C14H15Cl4NO2S. The quantitative estimate of drug-likeness (QED) is 0.405. The third kappa shape index (κ3) is 3.68. The van der Waals surface area contributed by atoms with Crippen LogP contribution in [0, 0.1) is 0 Å². The van der Waals surface area contributed by atoms with Crippen molar-refractivity contribution in [2.75, 3.05) is 7.05 Å². The molecule has 1 aliphatic heterocycles. The number of nitrogens with zero attached hydrogens (tertiary/aromatic N) is 1. The van der Waals surface area contributed by atoms with Gasteiger partial charge in [0.25, 0.3) is 5.17 Å². The predicted molar refractivity (Wildman–Crippen MR) is 95.8 cm³/mol. The molecule has 122 valence electrons. The molecule has 0 atom stereocenters. The minimum atomic E-state index is -1.60. The Labute approximate surface area is 155 Å². The first-order chi connectivity index (χ1) is 10.0. The number of fused-ring (bicyclic) bond motifs is 1. The second kappa shape index (κ2) is 6.40. The van der Waals surface area contributed by atoms with Crippen LogP contribution in [0.25, 0.3) is 0 Å². The fourth-order valence-electron chi connectivity index (χ4n) is 2.10. The minimum Gasteiger partial charge on any atom is -0.483 e. The van der Waals surface area contributed by atoms with E-state index in [1.165, 1.54) is 4.90 Å². The molecule has 1 heterocycles. The Morgan fingerprint density at radius 3 is 2.64 bits per heavy atom. The molecule has 0 saturated heterocycles. The molecule has 0 radical (unpaired) electrons. The van der Waals surface area contributed by atoms with Crippen LogP contribution in [0.1, 0.15) is 19.4 Å². The maximum atomic E-state index is 6.07. The first-order valence-electron chi connectivity index (χ1n) is 6.47.